The van der Waals surface area contributed by atoms with Gasteiger partial charge in [0.2, 0.25) is 0 Å². The summed E-state index contributed by atoms with van der Waals surface area (Å²) < 4.78 is 0. The summed E-state index contributed by atoms with van der Waals surface area (Å²) in [5, 5.41) is 14.2. The van der Waals surface area contributed by atoms with Crippen LogP contribution in [0.1, 0.15) is 16.7 Å². The SMILES string of the molecule is Cc1ccc(NCCc2ccccc2C)c([N+](=O)[O-])c1. The molecular formula is C16H18N2O2. The Morgan fingerprint density at radius 2 is 1.90 bits per heavy atom. The zero-order valence-electron chi connectivity index (χ0n) is 11.7. The van der Waals surface area contributed by atoms with Crippen LogP contribution in [-0.4, -0.2) is 11.5 Å². The summed E-state index contributed by atoms with van der Waals surface area (Å²) in [4.78, 5) is 10.7. The van der Waals surface area contributed by atoms with E-state index in [0.717, 1.165) is 12.0 Å². The van der Waals surface area contributed by atoms with Gasteiger partial charge in [-0.05, 0) is 43.0 Å². The van der Waals surface area contributed by atoms with Crippen molar-refractivity contribution < 1.29 is 4.92 Å². The second-order valence-corrected chi connectivity index (χ2v) is 4.88. The molecule has 0 fully saturated rings. The molecule has 0 saturated heterocycles. The number of benzene rings is 2. The quantitative estimate of drug-likeness (QED) is 0.663. The van der Waals surface area contributed by atoms with Gasteiger partial charge in [0.25, 0.3) is 5.69 Å². The van der Waals surface area contributed by atoms with Crippen LogP contribution in [0.25, 0.3) is 0 Å². The maximum absolute atomic E-state index is 11.0. The molecule has 4 heteroatoms. The average Bonchev–Trinajstić information content (AvgIpc) is 2.42. The number of nitro benzene ring substituents is 1. The molecule has 0 aliphatic heterocycles. The zero-order valence-corrected chi connectivity index (χ0v) is 11.7. The molecule has 0 heterocycles. The molecule has 0 amide bonds. The Hall–Kier alpha value is -2.36. The monoisotopic (exact) mass is 270 g/mol. The fourth-order valence-corrected chi connectivity index (χ4v) is 2.16. The molecule has 0 aliphatic carbocycles. The fraction of sp³-hybridized carbons (Fsp3) is 0.250. The van der Waals surface area contributed by atoms with Crippen molar-refractivity contribution in [1.29, 1.82) is 0 Å². The first-order chi connectivity index (χ1) is 9.58. The summed E-state index contributed by atoms with van der Waals surface area (Å²) in [7, 11) is 0. The molecule has 0 aliphatic rings. The van der Waals surface area contributed by atoms with E-state index in [1.165, 1.54) is 11.1 Å². The van der Waals surface area contributed by atoms with Crippen LogP contribution in [0, 0.1) is 24.0 Å². The van der Waals surface area contributed by atoms with E-state index < -0.39 is 0 Å². The van der Waals surface area contributed by atoms with Crippen molar-refractivity contribution in [2.24, 2.45) is 0 Å². The van der Waals surface area contributed by atoms with Crippen LogP contribution in [0.15, 0.2) is 42.5 Å². The summed E-state index contributed by atoms with van der Waals surface area (Å²) in [6.45, 7) is 4.60. The first-order valence-electron chi connectivity index (χ1n) is 6.61. The highest BCUT2D eigenvalue weighted by Gasteiger charge is 2.13. The molecule has 104 valence electrons. The minimum atomic E-state index is -0.344. The molecule has 4 nitrogen and oxygen atoms in total. The molecule has 1 N–H and O–H groups in total. The third-order valence-corrected chi connectivity index (χ3v) is 3.32. The summed E-state index contributed by atoms with van der Waals surface area (Å²) in [6.07, 6.45) is 0.845. The van der Waals surface area contributed by atoms with Gasteiger partial charge in [-0.1, -0.05) is 30.3 Å². The Morgan fingerprint density at radius 1 is 1.15 bits per heavy atom. The lowest BCUT2D eigenvalue weighted by atomic mass is 10.1. The van der Waals surface area contributed by atoms with Crippen LogP contribution in [0.2, 0.25) is 0 Å². The van der Waals surface area contributed by atoms with Crippen LogP contribution in [0.5, 0.6) is 0 Å². The number of aryl methyl sites for hydroxylation is 2. The number of anilines is 1. The van der Waals surface area contributed by atoms with Gasteiger partial charge in [0, 0.05) is 12.6 Å². The molecule has 0 saturated carbocycles. The lowest BCUT2D eigenvalue weighted by molar-refractivity contribution is -0.384. The van der Waals surface area contributed by atoms with E-state index in [-0.39, 0.29) is 10.6 Å². The number of nitro groups is 1. The highest BCUT2D eigenvalue weighted by Crippen LogP contribution is 2.25. The van der Waals surface area contributed by atoms with E-state index >= 15 is 0 Å². The molecule has 2 aromatic carbocycles. The van der Waals surface area contributed by atoms with Gasteiger partial charge >= 0.3 is 0 Å². The molecule has 2 aromatic rings. The van der Waals surface area contributed by atoms with E-state index in [2.05, 4.69) is 24.4 Å². The van der Waals surface area contributed by atoms with Crippen LogP contribution in [0.4, 0.5) is 11.4 Å². The predicted molar refractivity (Wildman–Crippen MR) is 81.2 cm³/mol. The molecule has 0 spiro atoms. The fourth-order valence-electron chi connectivity index (χ4n) is 2.16. The van der Waals surface area contributed by atoms with E-state index in [1.54, 1.807) is 12.1 Å². The van der Waals surface area contributed by atoms with E-state index in [0.29, 0.717) is 12.2 Å². The normalized spacial score (nSPS) is 10.3. The van der Waals surface area contributed by atoms with Gasteiger partial charge in [0.15, 0.2) is 0 Å². The molecule has 0 bridgehead atoms. The second-order valence-electron chi connectivity index (χ2n) is 4.88. The Labute approximate surface area is 118 Å². The largest absolute Gasteiger partial charge is 0.379 e. The van der Waals surface area contributed by atoms with Gasteiger partial charge in [0.1, 0.15) is 5.69 Å². The molecule has 0 aromatic heterocycles. The molecule has 2 rings (SSSR count). The third-order valence-electron chi connectivity index (χ3n) is 3.32. The van der Waals surface area contributed by atoms with Crippen molar-refractivity contribution in [3.05, 3.63) is 69.3 Å². The van der Waals surface area contributed by atoms with Gasteiger partial charge in [-0.3, -0.25) is 10.1 Å². The van der Waals surface area contributed by atoms with Gasteiger partial charge < -0.3 is 5.32 Å². The number of hydrogen-bond acceptors (Lipinski definition) is 3. The molecule has 0 atom stereocenters. The standard InChI is InChI=1S/C16H18N2O2/c1-12-7-8-15(16(11-12)18(19)20)17-10-9-14-6-4-3-5-13(14)2/h3-8,11,17H,9-10H2,1-2H3. The van der Waals surface area contributed by atoms with E-state index in [1.807, 2.05) is 25.1 Å². The maximum atomic E-state index is 11.0. The zero-order chi connectivity index (χ0) is 14.5. The average molecular weight is 270 g/mol. The van der Waals surface area contributed by atoms with E-state index in [4.69, 9.17) is 0 Å². The lowest BCUT2D eigenvalue weighted by Gasteiger charge is -2.09. The summed E-state index contributed by atoms with van der Waals surface area (Å²) >= 11 is 0. The Morgan fingerprint density at radius 3 is 2.60 bits per heavy atom. The molecule has 20 heavy (non-hydrogen) atoms. The number of hydrogen-bond donors (Lipinski definition) is 1. The van der Waals surface area contributed by atoms with Crippen molar-refractivity contribution in [3.8, 4) is 0 Å². The first-order valence-corrected chi connectivity index (χ1v) is 6.61. The topological polar surface area (TPSA) is 55.2 Å². The van der Waals surface area contributed by atoms with Crippen LogP contribution < -0.4 is 5.32 Å². The second kappa shape index (κ2) is 6.19. The molecular weight excluding hydrogens is 252 g/mol. The van der Waals surface area contributed by atoms with Gasteiger partial charge in [-0.25, -0.2) is 0 Å². The Bertz CT molecular complexity index is 624. The predicted octanol–water partition coefficient (Wildman–Crippen LogP) is 3.87. The van der Waals surface area contributed by atoms with Crippen molar-refractivity contribution in [2.45, 2.75) is 20.3 Å². The molecule has 0 unspecified atom stereocenters. The van der Waals surface area contributed by atoms with Crippen molar-refractivity contribution in [3.63, 3.8) is 0 Å². The van der Waals surface area contributed by atoms with Crippen LogP contribution in [0.3, 0.4) is 0 Å². The highest BCUT2D eigenvalue weighted by atomic mass is 16.6. The van der Waals surface area contributed by atoms with Crippen LogP contribution in [-0.2, 0) is 6.42 Å². The third kappa shape index (κ3) is 3.35. The Kier molecular flexibility index (Phi) is 4.35. The van der Waals surface area contributed by atoms with Crippen LogP contribution >= 0.6 is 0 Å². The highest BCUT2D eigenvalue weighted by molar-refractivity contribution is 5.62. The summed E-state index contributed by atoms with van der Waals surface area (Å²) in [5.41, 5.74) is 4.10. The van der Waals surface area contributed by atoms with Gasteiger partial charge in [-0.2, -0.15) is 0 Å². The Balaban J connectivity index is 2.05. The van der Waals surface area contributed by atoms with Gasteiger partial charge in [-0.15, -0.1) is 0 Å². The van der Waals surface area contributed by atoms with Crippen molar-refractivity contribution in [1.82, 2.24) is 0 Å². The summed E-state index contributed by atoms with van der Waals surface area (Å²) in [5.74, 6) is 0. The van der Waals surface area contributed by atoms with E-state index in [9.17, 15) is 10.1 Å². The minimum absolute atomic E-state index is 0.134. The number of nitrogens with zero attached hydrogens (tertiary/aromatic N) is 1. The number of nitrogens with one attached hydrogen (secondary N) is 1. The molecule has 0 radical (unpaired) electrons. The maximum Gasteiger partial charge on any atom is 0.292 e. The minimum Gasteiger partial charge on any atom is -0.379 e. The smallest absolute Gasteiger partial charge is 0.292 e. The number of rotatable bonds is 5. The van der Waals surface area contributed by atoms with Crippen molar-refractivity contribution in [2.75, 3.05) is 11.9 Å². The summed E-state index contributed by atoms with van der Waals surface area (Å²) in [6, 6.07) is 13.4. The lowest BCUT2D eigenvalue weighted by Crippen LogP contribution is -2.07. The first kappa shape index (κ1) is 14.1. The van der Waals surface area contributed by atoms with Crippen molar-refractivity contribution >= 4 is 11.4 Å². The van der Waals surface area contributed by atoms with Gasteiger partial charge in [0.05, 0.1) is 4.92 Å².